The molecule has 0 spiro atoms. The van der Waals surface area contributed by atoms with Gasteiger partial charge in [-0.15, -0.1) is 0 Å². The summed E-state index contributed by atoms with van der Waals surface area (Å²) in [5.74, 6) is -1.06. The lowest BCUT2D eigenvalue weighted by atomic mass is 10.0. The zero-order valence-electron chi connectivity index (χ0n) is 11.1. The molecule has 6 heteroatoms. The molecule has 0 aromatic heterocycles. The van der Waals surface area contributed by atoms with Crippen molar-refractivity contribution in [2.75, 3.05) is 26.0 Å². The van der Waals surface area contributed by atoms with Crippen molar-refractivity contribution in [2.45, 2.75) is 18.9 Å². The highest BCUT2D eigenvalue weighted by molar-refractivity contribution is 5.95. The third-order valence-corrected chi connectivity index (χ3v) is 2.66. The summed E-state index contributed by atoms with van der Waals surface area (Å²) in [6.07, 6.45) is 0.384. The zero-order valence-corrected chi connectivity index (χ0v) is 11.1. The fourth-order valence-corrected chi connectivity index (χ4v) is 1.53. The van der Waals surface area contributed by atoms with Gasteiger partial charge in [-0.1, -0.05) is 0 Å². The molecule has 5 nitrogen and oxygen atoms in total. The van der Waals surface area contributed by atoms with Crippen molar-refractivity contribution >= 4 is 11.6 Å². The molecule has 106 valence electrons. The molecule has 1 unspecified atom stereocenters. The Morgan fingerprint density at radius 2 is 2.21 bits per heavy atom. The number of nitrogens with one attached hydrogen (secondary N) is 1. The van der Waals surface area contributed by atoms with Crippen LogP contribution in [0.15, 0.2) is 18.2 Å². The van der Waals surface area contributed by atoms with Gasteiger partial charge in [-0.25, -0.2) is 4.39 Å². The molecular formula is C13H19FN2O3. The van der Waals surface area contributed by atoms with Crippen molar-refractivity contribution in [1.82, 2.24) is 5.32 Å². The van der Waals surface area contributed by atoms with E-state index in [1.807, 2.05) is 0 Å². The molecule has 0 saturated heterocycles. The Morgan fingerprint density at radius 1 is 1.53 bits per heavy atom. The average molecular weight is 270 g/mol. The van der Waals surface area contributed by atoms with Crippen molar-refractivity contribution in [3.05, 3.63) is 29.6 Å². The number of halogens is 1. The molecule has 0 heterocycles. The highest BCUT2D eigenvalue weighted by Crippen LogP contribution is 2.12. The molecular weight excluding hydrogens is 251 g/mol. The van der Waals surface area contributed by atoms with Crippen molar-refractivity contribution in [1.29, 1.82) is 0 Å². The van der Waals surface area contributed by atoms with E-state index in [1.165, 1.54) is 13.2 Å². The summed E-state index contributed by atoms with van der Waals surface area (Å²) in [6.45, 7) is 2.02. The number of benzene rings is 1. The van der Waals surface area contributed by atoms with Crippen LogP contribution >= 0.6 is 0 Å². The molecule has 0 saturated carbocycles. The first kappa shape index (κ1) is 15.4. The molecule has 19 heavy (non-hydrogen) atoms. The standard InChI is InChI=1S/C13H19FN2O3/c1-13(18,3-4-19-2)8-16-12(17)9-5-10(14)7-11(15)6-9/h5-7,18H,3-4,8,15H2,1-2H3,(H,16,17). The van der Waals surface area contributed by atoms with Gasteiger partial charge in [0.2, 0.25) is 0 Å². The molecule has 4 N–H and O–H groups in total. The van der Waals surface area contributed by atoms with Crippen molar-refractivity contribution < 1.29 is 19.0 Å². The van der Waals surface area contributed by atoms with Crippen molar-refractivity contribution in [2.24, 2.45) is 0 Å². The number of anilines is 1. The van der Waals surface area contributed by atoms with E-state index in [2.05, 4.69) is 5.32 Å². The molecule has 0 aliphatic carbocycles. The van der Waals surface area contributed by atoms with E-state index in [0.717, 1.165) is 12.1 Å². The number of carbonyl (C=O) groups is 1. The number of hydrogen-bond acceptors (Lipinski definition) is 4. The summed E-state index contributed by atoms with van der Waals surface area (Å²) in [5.41, 5.74) is 4.68. The minimum absolute atomic E-state index is 0.0472. The van der Waals surface area contributed by atoms with Crippen molar-refractivity contribution in [3.8, 4) is 0 Å². The average Bonchev–Trinajstić information content (AvgIpc) is 2.32. The van der Waals surface area contributed by atoms with Crippen LogP contribution in [0.1, 0.15) is 23.7 Å². The second kappa shape index (κ2) is 6.49. The maximum Gasteiger partial charge on any atom is 0.251 e. The summed E-state index contributed by atoms with van der Waals surface area (Å²) in [6, 6.07) is 3.60. The van der Waals surface area contributed by atoms with Crippen LogP contribution in [0.5, 0.6) is 0 Å². The van der Waals surface area contributed by atoms with Gasteiger partial charge < -0.3 is 20.9 Å². The molecule has 1 aromatic carbocycles. The Hall–Kier alpha value is -1.66. The topological polar surface area (TPSA) is 84.6 Å². The van der Waals surface area contributed by atoms with E-state index in [9.17, 15) is 14.3 Å². The number of aliphatic hydroxyl groups is 1. The summed E-state index contributed by atoms with van der Waals surface area (Å²) in [5, 5.41) is 12.5. The Bertz CT molecular complexity index is 429. The van der Waals surface area contributed by atoms with E-state index >= 15 is 0 Å². The van der Waals surface area contributed by atoms with Crippen LogP contribution in [-0.4, -0.2) is 36.9 Å². The monoisotopic (exact) mass is 270 g/mol. The predicted octanol–water partition coefficient (Wildman–Crippen LogP) is 0.925. The fraction of sp³-hybridized carbons (Fsp3) is 0.462. The van der Waals surface area contributed by atoms with E-state index in [1.54, 1.807) is 6.92 Å². The van der Waals surface area contributed by atoms with Crippen LogP contribution in [0.3, 0.4) is 0 Å². The van der Waals surface area contributed by atoms with E-state index < -0.39 is 17.3 Å². The number of nitrogen functional groups attached to an aromatic ring is 1. The molecule has 0 fully saturated rings. The molecule has 1 amide bonds. The van der Waals surface area contributed by atoms with Gasteiger partial charge >= 0.3 is 0 Å². The first-order valence-corrected chi connectivity index (χ1v) is 5.90. The van der Waals surface area contributed by atoms with E-state index in [4.69, 9.17) is 10.5 Å². The lowest BCUT2D eigenvalue weighted by Gasteiger charge is -2.23. The molecule has 1 rings (SSSR count). The van der Waals surface area contributed by atoms with Crippen LogP contribution in [0, 0.1) is 5.82 Å². The number of hydrogen-bond donors (Lipinski definition) is 3. The maximum absolute atomic E-state index is 13.1. The van der Waals surface area contributed by atoms with Gasteiger partial charge in [0, 0.05) is 37.9 Å². The second-order valence-corrected chi connectivity index (χ2v) is 4.70. The first-order chi connectivity index (χ1) is 8.84. The second-order valence-electron chi connectivity index (χ2n) is 4.70. The van der Waals surface area contributed by atoms with Gasteiger partial charge in [-0.3, -0.25) is 4.79 Å². The summed E-state index contributed by atoms with van der Waals surface area (Å²) in [7, 11) is 1.53. The number of nitrogens with two attached hydrogens (primary N) is 1. The number of amides is 1. The minimum atomic E-state index is -1.08. The highest BCUT2D eigenvalue weighted by atomic mass is 19.1. The quantitative estimate of drug-likeness (QED) is 0.671. The smallest absolute Gasteiger partial charge is 0.251 e. The number of rotatable bonds is 6. The highest BCUT2D eigenvalue weighted by Gasteiger charge is 2.21. The van der Waals surface area contributed by atoms with E-state index in [-0.39, 0.29) is 17.8 Å². The van der Waals surface area contributed by atoms with Crippen LogP contribution in [0.4, 0.5) is 10.1 Å². The molecule has 1 atom stereocenters. The van der Waals surface area contributed by atoms with E-state index in [0.29, 0.717) is 13.0 Å². The minimum Gasteiger partial charge on any atom is -0.399 e. The van der Waals surface area contributed by atoms with Gasteiger partial charge in [-0.05, 0) is 25.1 Å². The molecule has 0 bridgehead atoms. The molecule has 0 aliphatic rings. The Labute approximate surface area is 111 Å². The fourth-order valence-electron chi connectivity index (χ4n) is 1.53. The summed E-state index contributed by atoms with van der Waals surface area (Å²) >= 11 is 0. The Morgan fingerprint density at radius 3 is 2.79 bits per heavy atom. The van der Waals surface area contributed by atoms with Gasteiger partial charge in [0.25, 0.3) is 5.91 Å². The van der Waals surface area contributed by atoms with Crippen LogP contribution in [0.2, 0.25) is 0 Å². The zero-order chi connectivity index (χ0) is 14.5. The molecule has 0 radical (unpaired) electrons. The number of carbonyl (C=O) groups excluding carboxylic acids is 1. The largest absolute Gasteiger partial charge is 0.399 e. The summed E-state index contributed by atoms with van der Waals surface area (Å²) in [4.78, 5) is 11.8. The van der Waals surface area contributed by atoms with Crippen LogP contribution in [-0.2, 0) is 4.74 Å². The van der Waals surface area contributed by atoms with Gasteiger partial charge in [0.1, 0.15) is 5.82 Å². The van der Waals surface area contributed by atoms with Gasteiger partial charge in [0.15, 0.2) is 0 Å². The molecule has 0 aliphatic heterocycles. The molecule has 1 aromatic rings. The SMILES string of the molecule is COCCC(C)(O)CNC(=O)c1cc(N)cc(F)c1. The lowest BCUT2D eigenvalue weighted by molar-refractivity contribution is 0.0243. The normalized spacial score (nSPS) is 13.9. The predicted molar refractivity (Wildman–Crippen MR) is 70.3 cm³/mol. The van der Waals surface area contributed by atoms with Crippen LogP contribution in [0.25, 0.3) is 0 Å². The lowest BCUT2D eigenvalue weighted by Crippen LogP contribution is -2.41. The first-order valence-electron chi connectivity index (χ1n) is 5.90. The van der Waals surface area contributed by atoms with Gasteiger partial charge in [-0.2, -0.15) is 0 Å². The third-order valence-electron chi connectivity index (χ3n) is 2.66. The number of methoxy groups -OCH3 is 1. The third kappa shape index (κ3) is 5.23. The Kier molecular flexibility index (Phi) is 5.26. The van der Waals surface area contributed by atoms with Crippen LogP contribution < -0.4 is 11.1 Å². The number of ether oxygens (including phenoxy) is 1. The van der Waals surface area contributed by atoms with Gasteiger partial charge in [0.05, 0.1) is 5.60 Å². The maximum atomic E-state index is 13.1. The van der Waals surface area contributed by atoms with Crippen molar-refractivity contribution in [3.63, 3.8) is 0 Å². The Balaban J connectivity index is 2.60. The summed E-state index contributed by atoms with van der Waals surface area (Å²) < 4.78 is 18.0.